The first kappa shape index (κ1) is 19.7. The molecule has 3 aromatic rings. The zero-order valence-electron chi connectivity index (χ0n) is 16.2. The number of aryl methyl sites for hydroxylation is 2. The van der Waals surface area contributed by atoms with Crippen molar-refractivity contribution in [1.82, 2.24) is 0 Å². The Kier molecular flexibility index (Phi) is 5.44. The Hall–Kier alpha value is -2.62. The van der Waals surface area contributed by atoms with Crippen LogP contribution in [0.3, 0.4) is 0 Å². The summed E-state index contributed by atoms with van der Waals surface area (Å²) >= 11 is 0. The van der Waals surface area contributed by atoms with Gasteiger partial charge in [-0.3, -0.25) is 0 Å². The fourth-order valence-electron chi connectivity index (χ4n) is 4.32. The lowest BCUT2D eigenvalue weighted by Gasteiger charge is -2.26. The number of hydrogen-bond acceptors (Lipinski definition) is 0. The number of benzene rings is 3. The Labute approximate surface area is 168 Å². The maximum atomic E-state index is 14.6. The fraction of sp³-hybridized carbons (Fsp3) is 0.280. The van der Waals surface area contributed by atoms with Crippen LogP contribution in [0.15, 0.2) is 48.5 Å². The molecule has 0 aliphatic heterocycles. The van der Waals surface area contributed by atoms with Crippen molar-refractivity contribution < 1.29 is 17.6 Å². The van der Waals surface area contributed by atoms with E-state index in [1.807, 2.05) is 25.1 Å². The van der Waals surface area contributed by atoms with Gasteiger partial charge in [0.25, 0.3) is 0 Å². The monoisotopic (exact) mass is 398 g/mol. The lowest BCUT2D eigenvalue weighted by Crippen LogP contribution is -2.16. The largest absolute Gasteiger partial charge is 0.207 e. The molecule has 0 spiro atoms. The number of rotatable bonds is 4. The van der Waals surface area contributed by atoms with Crippen LogP contribution in [0.1, 0.15) is 47.9 Å². The first-order chi connectivity index (χ1) is 14.0. The molecule has 0 bridgehead atoms. The molecule has 29 heavy (non-hydrogen) atoms. The number of fused-ring (bicyclic) bond motifs is 1. The average molecular weight is 398 g/mol. The zero-order valence-corrected chi connectivity index (χ0v) is 16.2. The summed E-state index contributed by atoms with van der Waals surface area (Å²) in [7, 11) is 0. The van der Waals surface area contributed by atoms with E-state index in [-0.39, 0.29) is 11.5 Å². The quantitative estimate of drug-likeness (QED) is 0.410. The molecule has 4 rings (SSSR count). The molecular formula is C25H22F4. The second kappa shape index (κ2) is 8.02. The molecule has 3 aromatic carbocycles. The van der Waals surface area contributed by atoms with E-state index in [1.54, 1.807) is 6.07 Å². The second-order valence-corrected chi connectivity index (χ2v) is 7.78. The lowest BCUT2D eigenvalue weighted by atomic mass is 9.78. The Morgan fingerprint density at radius 3 is 2.14 bits per heavy atom. The minimum atomic E-state index is -0.877. The number of hydrogen-bond donors (Lipinski definition) is 0. The maximum Gasteiger partial charge on any atom is 0.159 e. The van der Waals surface area contributed by atoms with Gasteiger partial charge in [-0.25, -0.2) is 17.6 Å². The van der Waals surface area contributed by atoms with Gasteiger partial charge in [0.1, 0.15) is 11.6 Å². The highest BCUT2D eigenvalue weighted by Crippen LogP contribution is 2.37. The fourth-order valence-corrected chi connectivity index (χ4v) is 4.32. The Bertz CT molecular complexity index is 1030. The molecular weight excluding hydrogens is 376 g/mol. The van der Waals surface area contributed by atoms with E-state index in [0.29, 0.717) is 36.8 Å². The van der Waals surface area contributed by atoms with Crippen molar-refractivity contribution in [3.05, 3.63) is 94.1 Å². The summed E-state index contributed by atoms with van der Waals surface area (Å²) in [5, 5.41) is 0. The summed E-state index contributed by atoms with van der Waals surface area (Å²) in [4.78, 5) is 0. The van der Waals surface area contributed by atoms with Gasteiger partial charge in [-0.2, -0.15) is 0 Å². The zero-order chi connectivity index (χ0) is 20.5. The smallest absolute Gasteiger partial charge is 0.159 e. The number of halogens is 4. The molecule has 0 saturated heterocycles. The third kappa shape index (κ3) is 3.93. The van der Waals surface area contributed by atoms with Crippen LogP contribution < -0.4 is 0 Å². The molecule has 1 unspecified atom stereocenters. The molecule has 0 saturated carbocycles. The predicted octanol–water partition coefficient (Wildman–Crippen LogP) is 7.14. The van der Waals surface area contributed by atoms with Crippen LogP contribution in [0, 0.1) is 23.3 Å². The summed E-state index contributed by atoms with van der Waals surface area (Å²) < 4.78 is 56.0. The van der Waals surface area contributed by atoms with Crippen molar-refractivity contribution in [2.45, 2.75) is 44.9 Å². The van der Waals surface area contributed by atoms with E-state index in [0.717, 1.165) is 29.2 Å². The molecule has 1 atom stereocenters. The summed E-state index contributed by atoms with van der Waals surface area (Å²) in [5.74, 6) is -2.87. The SMILES string of the molecule is CCCc1cc(F)c(C2CCc3cc(-c4ccc(F)c(F)c4)ccc3C2)c(F)c1. The van der Waals surface area contributed by atoms with Gasteiger partial charge in [0.05, 0.1) is 0 Å². The van der Waals surface area contributed by atoms with Crippen LogP contribution in [0.2, 0.25) is 0 Å². The van der Waals surface area contributed by atoms with Crippen LogP contribution in [-0.4, -0.2) is 0 Å². The van der Waals surface area contributed by atoms with E-state index in [9.17, 15) is 17.6 Å². The molecule has 0 nitrogen and oxygen atoms in total. The van der Waals surface area contributed by atoms with E-state index >= 15 is 0 Å². The van der Waals surface area contributed by atoms with Crippen LogP contribution in [-0.2, 0) is 19.3 Å². The van der Waals surface area contributed by atoms with Gasteiger partial charge in [-0.1, -0.05) is 37.6 Å². The van der Waals surface area contributed by atoms with E-state index < -0.39 is 23.3 Å². The van der Waals surface area contributed by atoms with Gasteiger partial charge in [0, 0.05) is 5.56 Å². The van der Waals surface area contributed by atoms with Crippen molar-refractivity contribution in [3.8, 4) is 11.1 Å². The molecule has 150 valence electrons. The minimum Gasteiger partial charge on any atom is -0.207 e. The van der Waals surface area contributed by atoms with Crippen molar-refractivity contribution >= 4 is 0 Å². The van der Waals surface area contributed by atoms with Crippen molar-refractivity contribution in [3.63, 3.8) is 0 Å². The molecule has 1 aliphatic rings. The summed E-state index contributed by atoms with van der Waals surface area (Å²) in [5.41, 5.74) is 4.43. The highest BCUT2D eigenvalue weighted by molar-refractivity contribution is 5.65. The molecule has 0 amide bonds. The Balaban J connectivity index is 1.61. The second-order valence-electron chi connectivity index (χ2n) is 7.78. The summed E-state index contributed by atoms with van der Waals surface area (Å²) in [6, 6.07) is 12.5. The standard InChI is InChI=1S/C25H22F4/c1-2-3-15-10-23(28)25(24(29)11-15)20-7-6-16-12-17(4-5-18(16)13-20)19-8-9-21(26)22(27)14-19/h4-5,8-12,14,20H,2-3,6-7,13H2,1H3. The third-order valence-corrected chi connectivity index (χ3v) is 5.77. The maximum absolute atomic E-state index is 14.6. The molecule has 0 fully saturated rings. The third-order valence-electron chi connectivity index (χ3n) is 5.77. The van der Waals surface area contributed by atoms with Gasteiger partial charge in [-0.05, 0) is 83.7 Å². The molecule has 0 heterocycles. The first-order valence-corrected chi connectivity index (χ1v) is 10.0. The predicted molar refractivity (Wildman–Crippen MR) is 107 cm³/mol. The van der Waals surface area contributed by atoms with Gasteiger partial charge < -0.3 is 0 Å². The molecule has 0 N–H and O–H groups in total. The van der Waals surface area contributed by atoms with Crippen molar-refractivity contribution in [2.24, 2.45) is 0 Å². The topological polar surface area (TPSA) is 0 Å². The summed E-state index contributed by atoms with van der Waals surface area (Å²) in [6.45, 7) is 1.98. The summed E-state index contributed by atoms with van der Waals surface area (Å²) in [6.07, 6.45) is 3.40. The van der Waals surface area contributed by atoms with Gasteiger partial charge >= 0.3 is 0 Å². The van der Waals surface area contributed by atoms with Crippen LogP contribution in [0.4, 0.5) is 17.6 Å². The van der Waals surface area contributed by atoms with E-state index in [2.05, 4.69) is 0 Å². The van der Waals surface area contributed by atoms with Crippen molar-refractivity contribution in [2.75, 3.05) is 0 Å². The molecule has 4 heteroatoms. The molecule has 0 radical (unpaired) electrons. The highest BCUT2D eigenvalue weighted by Gasteiger charge is 2.26. The average Bonchev–Trinajstić information content (AvgIpc) is 2.69. The Morgan fingerprint density at radius 1 is 0.759 bits per heavy atom. The van der Waals surface area contributed by atoms with Crippen molar-refractivity contribution in [1.29, 1.82) is 0 Å². The van der Waals surface area contributed by atoms with Crippen LogP contribution >= 0.6 is 0 Å². The Morgan fingerprint density at radius 2 is 1.45 bits per heavy atom. The van der Waals surface area contributed by atoms with Crippen LogP contribution in [0.5, 0.6) is 0 Å². The van der Waals surface area contributed by atoms with Gasteiger partial charge in [0.2, 0.25) is 0 Å². The van der Waals surface area contributed by atoms with Gasteiger partial charge in [0.15, 0.2) is 11.6 Å². The normalized spacial score (nSPS) is 16.0. The lowest BCUT2D eigenvalue weighted by molar-refractivity contribution is 0.489. The highest BCUT2D eigenvalue weighted by atomic mass is 19.2. The van der Waals surface area contributed by atoms with Gasteiger partial charge in [-0.15, -0.1) is 0 Å². The molecule has 1 aliphatic carbocycles. The minimum absolute atomic E-state index is 0.181. The van der Waals surface area contributed by atoms with E-state index in [4.69, 9.17) is 0 Å². The van der Waals surface area contributed by atoms with Crippen LogP contribution in [0.25, 0.3) is 11.1 Å². The molecule has 0 aromatic heterocycles. The first-order valence-electron chi connectivity index (χ1n) is 10.0. The van der Waals surface area contributed by atoms with E-state index in [1.165, 1.54) is 18.2 Å².